The van der Waals surface area contributed by atoms with Gasteiger partial charge < -0.3 is 19.5 Å². The number of carbonyl (C=O) groups is 1. The van der Waals surface area contributed by atoms with E-state index >= 15 is 0 Å². The molecule has 2 unspecified atom stereocenters. The van der Waals surface area contributed by atoms with Gasteiger partial charge in [-0.15, -0.1) is 11.3 Å². The van der Waals surface area contributed by atoms with Crippen molar-refractivity contribution >= 4 is 44.8 Å². The molecule has 10 nitrogen and oxygen atoms in total. The quantitative estimate of drug-likeness (QED) is 0.430. The number of ether oxygens (including phenoxy) is 3. The number of thiazole rings is 1. The second-order valence-electron chi connectivity index (χ2n) is 12.2. The highest BCUT2D eigenvalue weighted by Gasteiger charge is 2.75. The van der Waals surface area contributed by atoms with Crippen molar-refractivity contribution in [3.63, 3.8) is 0 Å². The van der Waals surface area contributed by atoms with E-state index in [1.54, 1.807) is 6.20 Å². The molecule has 2 aromatic rings. The van der Waals surface area contributed by atoms with Gasteiger partial charge in [-0.05, 0) is 44.2 Å². The van der Waals surface area contributed by atoms with Gasteiger partial charge in [-0.25, -0.2) is 22.6 Å². The molecule has 1 aromatic carbocycles. The number of carbonyl (C=O) groups excluding carboxylic acids is 1. The van der Waals surface area contributed by atoms with E-state index in [2.05, 4.69) is 10.3 Å². The Labute approximate surface area is 258 Å². The number of amidine groups is 1. The summed E-state index contributed by atoms with van der Waals surface area (Å²) in [5.41, 5.74) is 0.100. The Bertz CT molecular complexity index is 1620. The van der Waals surface area contributed by atoms with E-state index < -0.39 is 50.8 Å². The van der Waals surface area contributed by atoms with Crippen LogP contribution in [0.15, 0.2) is 46.0 Å². The number of nitrogens with one attached hydrogen (secondary N) is 1. The van der Waals surface area contributed by atoms with Crippen molar-refractivity contribution in [3.05, 3.63) is 62.5 Å². The number of sulfonamides is 1. The summed E-state index contributed by atoms with van der Waals surface area (Å²) in [6.45, 7) is 0.183. The monoisotopic (exact) mass is 650 g/mol. The third-order valence-electron chi connectivity index (χ3n) is 9.42. The number of esters is 1. The van der Waals surface area contributed by atoms with Crippen molar-refractivity contribution in [2.24, 2.45) is 10.4 Å². The zero-order valence-corrected chi connectivity index (χ0v) is 26.2. The van der Waals surface area contributed by atoms with Gasteiger partial charge in [0.25, 0.3) is 0 Å². The number of allylic oxidation sites excluding steroid dienone is 1. The van der Waals surface area contributed by atoms with Crippen LogP contribution in [0.3, 0.4) is 0 Å². The van der Waals surface area contributed by atoms with Gasteiger partial charge in [0, 0.05) is 51.7 Å². The number of hydrogen-bond donors (Lipinski definition) is 1. The Kier molecular flexibility index (Phi) is 7.03. The van der Waals surface area contributed by atoms with E-state index in [-0.39, 0.29) is 17.2 Å². The standard InChI is InChI=1S/C29H32ClFN4O6S2/c1-39-26(36)21-22(18-7-6-17(31)12-19(18)30)33-24(25-32-10-11-42-25)34-23(21)27-14-28(15-27,16-27)35(43(2,37)38)20-13-40-29(41-20)8-4-3-5-9-29/h6-7,10-12,20,22H,3-5,8-9,13-16H2,1-2H3,(H,33,34). The minimum absolute atomic E-state index is 0.127. The zero-order chi connectivity index (χ0) is 30.2. The minimum atomic E-state index is -3.67. The molecule has 6 aliphatic rings. The fraction of sp³-hybridized carbons (Fsp3) is 0.552. The lowest BCUT2D eigenvalue weighted by molar-refractivity contribution is -0.236. The lowest BCUT2D eigenvalue weighted by Crippen LogP contribution is -2.78. The first-order valence-corrected chi connectivity index (χ1v) is 17.4. The van der Waals surface area contributed by atoms with Crippen LogP contribution >= 0.6 is 22.9 Å². The average molecular weight is 651 g/mol. The molecule has 1 spiro atoms. The van der Waals surface area contributed by atoms with E-state index in [9.17, 15) is 17.6 Å². The SMILES string of the molecule is COC(=O)C1=C(C23CC(N(C4COC5(CCCCC5)O4)S(C)(=O)=O)(C2)C3)NC(c2nccs2)=NC1c1ccc(F)cc1Cl. The Morgan fingerprint density at radius 1 is 1.23 bits per heavy atom. The molecule has 4 aliphatic carbocycles. The predicted octanol–water partition coefficient (Wildman–Crippen LogP) is 4.67. The van der Waals surface area contributed by atoms with Gasteiger partial charge in [0.05, 0.1) is 25.5 Å². The highest BCUT2D eigenvalue weighted by Crippen LogP contribution is 2.74. The van der Waals surface area contributed by atoms with Crippen molar-refractivity contribution in [1.82, 2.24) is 14.6 Å². The van der Waals surface area contributed by atoms with Crippen molar-refractivity contribution in [2.75, 3.05) is 20.0 Å². The summed E-state index contributed by atoms with van der Waals surface area (Å²) in [6.07, 6.45) is 8.16. The molecule has 1 saturated heterocycles. The lowest BCUT2D eigenvalue weighted by Gasteiger charge is -2.74. The van der Waals surface area contributed by atoms with Crippen LogP contribution in [0.1, 0.15) is 68.0 Å². The molecule has 230 valence electrons. The van der Waals surface area contributed by atoms with Crippen LogP contribution in [-0.2, 0) is 29.0 Å². The molecule has 1 N–H and O–H groups in total. The number of methoxy groups -OCH3 is 1. The van der Waals surface area contributed by atoms with Crippen molar-refractivity contribution in [2.45, 2.75) is 75.0 Å². The third-order valence-corrected chi connectivity index (χ3v) is 11.9. The third kappa shape index (κ3) is 4.74. The number of halogens is 2. The topological polar surface area (TPSA) is 119 Å². The van der Waals surface area contributed by atoms with Crippen molar-refractivity contribution in [1.29, 1.82) is 0 Å². The number of hydrogen-bond acceptors (Lipinski definition) is 10. The van der Waals surface area contributed by atoms with Crippen LogP contribution < -0.4 is 5.32 Å². The molecule has 4 saturated carbocycles. The van der Waals surface area contributed by atoms with Crippen LogP contribution in [0, 0.1) is 11.2 Å². The Hall–Kier alpha value is -2.42. The molecule has 8 rings (SSSR count). The average Bonchev–Trinajstić information content (AvgIpc) is 3.59. The molecule has 43 heavy (non-hydrogen) atoms. The normalized spacial score (nSPS) is 31.3. The molecular formula is C29H32ClFN4O6S2. The number of nitrogens with zero attached hydrogens (tertiary/aromatic N) is 3. The van der Waals surface area contributed by atoms with E-state index in [1.807, 2.05) is 5.38 Å². The zero-order valence-electron chi connectivity index (χ0n) is 23.8. The second-order valence-corrected chi connectivity index (χ2v) is 15.4. The van der Waals surface area contributed by atoms with E-state index in [0.717, 1.165) is 32.1 Å². The van der Waals surface area contributed by atoms with Gasteiger partial charge in [0.15, 0.2) is 22.9 Å². The van der Waals surface area contributed by atoms with Crippen LogP contribution in [0.2, 0.25) is 5.02 Å². The smallest absolute Gasteiger partial charge is 0.338 e. The molecule has 5 fully saturated rings. The number of benzene rings is 1. The first-order chi connectivity index (χ1) is 20.5. The van der Waals surface area contributed by atoms with Crippen molar-refractivity contribution < 1.29 is 31.8 Å². The molecular weight excluding hydrogens is 619 g/mol. The van der Waals surface area contributed by atoms with E-state index in [1.165, 1.54) is 47.2 Å². The number of aromatic nitrogens is 1. The summed E-state index contributed by atoms with van der Waals surface area (Å²) in [5.74, 6) is -1.38. The Morgan fingerprint density at radius 2 is 1.98 bits per heavy atom. The number of rotatable bonds is 7. The summed E-state index contributed by atoms with van der Waals surface area (Å²) in [6, 6.07) is 3.10. The summed E-state index contributed by atoms with van der Waals surface area (Å²) in [4.78, 5) is 22.7. The van der Waals surface area contributed by atoms with E-state index in [0.29, 0.717) is 41.4 Å². The maximum Gasteiger partial charge on any atom is 0.338 e. The maximum absolute atomic E-state index is 14.0. The molecule has 0 radical (unpaired) electrons. The minimum Gasteiger partial charge on any atom is -0.466 e. The van der Waals surface area contributed by atoms with Gasteiger partial charge in [0.2, 0.25) is 10.0 Å². The summed E-state index contributed by atoms with van der Waals surface area (Å²) in [5, 5.41) is 5.94. The highest BCUT2D eigenvalue weighted by molar-refractivity contribution is 7.88. The van der Waals surface area contributed by atoms with Gasteiger partial charge in [-0.1, -0.05) is 24.1 Å². The Morgan fingerprint density at radius 3 is 2.60 bits per heavy atom. The summed E-state index contributed by atoms with van der Waals surface area (Å²) < 4.78 is 59.8. The largest absolute Gasteiger partial charge is 0.466 e. The molecule has 2 aliphatic heterocycles. The fourth-order valence-corrected chi connectivity index (χ4v) is 10.1. The fourth-order valence-electron chi connectivity index (χ4n) is 7.80. The van der Waals surface area contributed by atoms with Crippen LogP contribution in [-0.4, -0.2) is 67.0 Å². The second kappa shape index (κ2) is 10.3. The van der Waals surface area contributed by atoms with Gasteiger partial charge in [-0.2, -0.15) is 4.31 Å². The van der Waals surface area contributed by atoms with E-state index in [4.69, 9.17) is 30.8 Å². The van der Waals surface area contributed by atoms with Gasteiger partial charge >= 0.3 is 5.97 Å². The van der Waals surface area contributed by atoms with Gasteiger partial charge in [0.1, 0.15) is 11.9 Å². The highest BCUT2D eigenvalue weighted by atomic mass is 35.5. The van der Waals surface area contributed by atoms with Crippen LogP contribution in [0.25, 0.3) is 0 Å². The maximum atomic E-state index is 14.0. The molecule has 0 amide bonds. The molecule has 14 heteroatoms. The number of aliphatic imine (C=N–C) groups is 1. The Balaban J connectivity index is 1.25. The first kappa shape index (κ1) is 29.3. The van der Waals surface area contributed by atoms with Crippen LogP contribution in [0.5, 0.6) is 0 Å². The van der Waals surface area contributed by atoms with Gasteiger partial charge in [-0.3, -0.25) is 4.99 Å². The summed E-state index contributed by atoms with van der Waals surface area (Å²) >= 11 is 7.88. The molecule has 3 heterocycles. The van der Waals surface area contributed by atoms with Crippen LogP contribution in [0.4, 0.5) is 4.39 Å². The predicted molar refractivity (Wildman–Crippen MR) is 157 cm³/mol. The molecule has 1 aromatic heterocycles. The first-order valence-electron chi connectivity index (χ1n) is 14.3. The molecule has 2 atom stereocenters. The summed E-state index contributed by atoms with van der Waals surface area (Å²) in [7, 11) is -2.38. The van der Waals surface area contributed by atoms with Crippen molar-refractivity contribution in [3.8, 4) is 0 Å². The lowest BCUT2D eigenvalue weighted by atomic mass is 9.37. The molecule has 2 bridgehead atoms.